The molecule has 0 bridgehead atoms. The number of pyridine rings is 1. The molecule has 3 rings (SSSR count). The average molecular weight is 254 g/mol. The molecule has 0 radical (unpaired) electrons. The van der Waals surface area contributed by atoms with Crippen molar-refractivity contribution in [1.82, 2.24) is 9.38 Å². The monoisotopic (exact) mass is 253 g/mol. The van der Waals surface area contributed by atoms with E-state index in [4.69, 9.17) is 16.9 Å². The normalized spacial score (nSPS) is 10.4. The van der Waals surface area contributed by atoms with Crippen LogP contribution in [0.25, 0.3) is 16.9 Å². The maximum atomic E-state index is 8.85. The highest BCUT2D eigenvalue weighted by Crippen LogP contribution is 2.21. The molecule has 0 saturated carbocycles. The average Bonchev–Trinajstić information content (AvgIpc) is 2.82. The third-order valence-corrected chi connectivity index (χ3v) is 2.97. The summed E-state index contributed by atoms with van der Waals surface area (Å²) in [4.78, 5) is 4.50. The van der Waals surface area contributed by atoms with Crippen LogP contribution in [-0.2, 0) is 0 Å². The van der Waals surface area contributed by atoms with E-state index in [0.717, 1.165) is 16.9 Å². The van der Waals surface area contributed by atoms with Gasteiger partial charge in [0.25, 0.3) is 0 Å². The number of hydrogen-bond acceptors (Lipinski definition) is 2. The second-order valence-electron chi connectivity index (χ2n) is 3.93. The van der Waals surface area contributed by atoms with Crippen LogP contribution in [0.1, 0.15) is 5.56 Å². The second kappa shape index (κ2) is 4.17. The number of rotatable bonds is 1. The first-order valence-corrected chi connectivity index (χ1v) is 5.79. The van der Waals surface area contributed by atoms with E-state index in [-0.39, 0.29) is 0 Å². The maximum Gasteiger partial charge on any atom is 0.137 e. The van der Waals surface area contributed by atoms with Crippen LogP contribution >= 0.6 is 11.6 Å². The molecule has 0 amide bonds. The number of hydrogen-bond donors (Lipinski definition) is 0. The first-order chi connectivity index (χ1) is 8.76. The Morgan fingerprint density at radius 1 is 1.06 bits per heavy atom. The Morgan fingerprint density at radius 2 is 1.83 bits per heavy atom. The summed E-state index contributed by atoms with van der Waals surface area (Å²) in [6.07, 6.45) is 3.67. The third kappa shape index (κ3) is 1.83. The lowest BCUT2D eigenvalue weighted by Crippen LogP contribution is -1.83. The van der Waals surface area contributed by atoms with Crippen LogP contribution in [0.3, 0.4) is 0 Å². The van der Waals surface area contributed by atoms with Crippen molar-refractivity contribution < 1.29 is 0 Å². The summed E-state index contributed by atoms with van der Waals surface area (Å²) >= 11 is 5.86. The Bertz CT molecular complexity index is 751. The number of nitrogens with zero attached hydrogens (tertiary/aromatic N) is 3. The van der Waals surface area contributed by atoms with E-state index >= 15 is 0 Å². The molecule has 0 fully saturated rings. The molecule has 2 heterocycles. The largest absolute Gasteiger partial charge is 0.305 e. The van der Waals surface area contributed by atoms with E-state index in [1.165, 1.54) is 0 Å². The Labute approximate surface area is 109 Å². The van der Waals surface area contributed by atoms with Gasteiger partial charge in [0, 0.05) is 23.0 Å². The smallest absolute Gasteiger partial charge is 0.137 e. The predicted octanol–water partition coefficient (Wildman–Crippen LogP) is 3.53. The van der Waals surface area contributed by atoms with Crippen LogP contribution in [-0.4, -0.2) is 9.38 Å². The lowest BCUT2D eigenvalue weighted by Gasteiger charge is -1.95. The Hall–Kier alpha value is -2.31. The molecule has 0 N–H and O–H groups in total. The van der Waals surface area contributed by atoms with Crippen molar-refractivity contribution in [3.8, 4) is 17.3 Å². The van der Waals surface area contributed by atoms with Gasteiger partial charge in [0.2, 0.25) is 0 Å². The number of benzene rings is 1. The summed E-state index contributed by atoms with van der Waals surface area (Å²) in [6.45, 7) is 0. The van der Waals surface area contributed by atoms with Crippen LogP contribution in [0.15, 0.2) is 48.8 Å². The van der Waals surface area contributed by atoms with E-state index in [1.807, 2.05) is 40.9 Å². The molecular weight excluding hydrogens is 246 g/mol. The molecule has 3 aromatic rings. The molecule has 1 aromatic carbocycles. The van der Waals surface area contributed by atoms with Crippen molar-refractivity contribution in [2.75, 3.05) is 0 Å². The van der Waals surface area contributed by atoms with Crippen molar-refractivity contribution in [1.29, 1.82) is 5.26 Å². The van der Waals surface area contributed by atoms with E-state index < -0.39 is 0 Å². The van der Waals surface area contributed by atoms with E-state index in [2.05, 4.69) is 11.1 Å². The van der Waals surface area contributed by atoms with Crippen molar-refractivity contribution in [2.45, 2.75) is 0 Å². The highest BCUT2D eigenvalue weighted by atomic mass is 35.5. The minimum Gasteiger partial charge on any atom is -0.305 e. The van der Waals surface area contributed by atoms with E-state index in [0.29, 0.717) is 10.6 Å². The van der Waals surface area contributed by atoms with Gasteiger partial charge in [0.15, 0.2) is 0 Å². The Kier molecular flexibility index (Phi) is 2.51. The predicted molar refractivity (Wildman–Crippen MR) is 70.4 cm³/mol. The topological polar surface area (TPSA) is 41.1 Å². The number of halogens is 1. The van der Waals surface area contributed by atoms with Crippen LogP contribution in [0, 0.1) is 11.3 Å². The van der Waals surface area contributed by atoms with Crippen LogP contribution in [0.2, 0.25) is 5.02 Å². The van der Waals surface area contributed by atoms with E-state index in [9.17, 15) is 0 Å². The summed E-state index contributed by atoms with van der Waals surface area (Å²) in [5, 5.41) is 9.56. The van der Waals surface area contributed by atoms with Gasteiger partial charge < -0.3 is 4.40 Å². The Morgan fingerprint density at radius 3 is 2.56 bits per heavy atom. The molecule has 0 spiro atoms. The minimum atomic E-state index is 0.613. The first kappa shape index (κ1) is 10.8. The van der Waals surface area contributed by atoms with Gasteiger partial charge in [-0.2, -0.15) is 5.26 Å². The maximum absolute atomic E-state index is 8.85. The quantitative estimate of drug-likeness (QED) is 0.666. The van der Waals surface area contributed by atoms with Crippen molar-refractivity contribution in [2.24, 2.45) is 0 Å². The second-order valence-corrected chi connectivity index (χ2v) is 4.36. The molecule has 0 atom stereocenters. The fourth-order valence-electron chi connectivity index (χ4n) is 1.82. The van der Waals surface area contributed by atoms with Crippen molar-refractivity contribution >= 4 is 17.2 Å². The molecule has 0 saturated heterocycles. The van der Waals surface area contributed by atoms with Crippen molar-refractivity contribution in [3.05, 3.63) is 59.4 Å². The number of nitriles is 1. The van der Waals surface area contributed by atoms with Gasteiger partial charge in [0.05, 0.1) is 11.3 Å². The number of imidazole rings is 1. The number of fused-ring (bicyclic) bond motifs is 1. The fraction of sp³-hybridized carbons (Fsp3) is 0. The first-order valence-electron chi connectivity index (χ1n) is 5.41. The molecule has 2 aromatic heterocycles. The third-order valence-electron chi connectivity index (χ3n) is 2.72. The zero-order chi connectivity index (χ0) is 12.5. The summed E-state index contributed by atoms with van der Waals surface area (Å²) in [7, 11) is 0. The molecule has 0 aliphatic rings. The van der Waals surface area contributed by atoms with Gasteiger partial charge in [0.1, 0.15) is 11.7 Å². The van der Waals surface area contributed by atoms with Gasteiger partial charge in [-0.25, -0.2) is 4.98 Å². The van der Waals surface area contributed by atoms with Crippen LogP contribution < -0.4 is 0 Å². The van der Waals surface area contributed by atoms with Gasteiger partial charge in [-0.1, -0.05) is 23.7 Å². The zero-order valence-electron chi connectivity index (χ0n) is 9.34. The molecule has 3 nitrogen and oxygen atoms in total. The highest BCUT2D eigenvalue weighted by Gasteiger charge is 2.04. The summed E-state index contributed by atoms with van der Waals surface area (Å²) in [5.41, 5.74) is 3.30. The summed E-state index contributed by atoms with van der Waals surface area (Å²) < 4.78 is 1.85. The lowest BCUT2D eigenvalue weighted by atomic mass is 10.2. The SMILES string of the molecule is N#Cc1ccc2nc(-c3ccc(Cl)cc3)cn2c1. The summed E-state index contributed by atoms with van der Waals surface area (Å²) in [6, 6.07) is 13.2. The standard InChI is InChI=1S/C14H8ClN3/c15-12-4-2-11(3-5-12)13-9-18-8-10(7-16)1-6-14(18)17-13/h1-6,8-9H. The van der Waals surface area contributed by atoms with Gasteiger partial charge in [-0.05, 0) is 24.3 Å². The van der Waals surface area contributed by atoms with Gasteiger partial charge >= 0.3 is 0 Å². The molecule has 0 unspecified atom stereocenters. The lowest BCUT2D eigenvalue weighted by molar-refractivity contribution is 1.17. The van der Waals surface area contributed by atoms with Crippen molar-refractivity contribution in [3.63, 3.8) is 0 Å². The molecular formula is C14H8ClN3. The van der Waals surface area contributed by atoms with E-state index in [1.54, 1.807) is 12.3 Å². The minimum absolute atomic E-state index is 0.613. The number of aromatic nitrogens is 2. The van der Waals surface area contributed by atoms with Crippen LogP contribution in [0.4, 0.5) is 0 Å². The molecule has 18 heavy (non-hydrogen) atoms. The highest BCUT2D eigenvalue weighted by molar-refractivity contribution is 6.30. The summed E-state index contributed by atoms with van der Waals surface area (Å²) in [5.74, 6) is 0. The fourth-order valence-corrected chi connectivity index (χ4v) is 1.94. The molecule has 86 valence electrons. The van der Waals surface area contributed by atoms with Crippen LogP contribution in [0.5, 0.6) is 0 Å². The molecule has 0 aliphatic carbocycles. The zero-order valence-corrected chi connectivity index (χ0v) is 10.1. The van der Waals surface area contributed by atoms with Gasteiger partial charge in [-0.15, -0.1) is 0 Å². The molecule has 4 heteroatoms. The Balaban J connectivity index is 2.13. The molecule has 0 aliphatic heterocycles. The van der Waals surface area contributed by atoms with Gasteiger partial charge in [-0.3, -0.25) is 0 Å².